The van der Waals surface area contributed by atoms with Crippen molar-refractivity contribution >= 4 is 5.69 Å². The first-order chi connectivity index (χ1) is 12.0. The van der Waals surface area contributed by atoms with Crippen LogP contribution in [0.1, 0.15) is 28.8 Å². The largest absolute Gasteiger partial charge is 0.485 e. The monoisotopic (exact) mass is 339 g/mol. The van der Waals surface area contributed by atoms with Gasteiger partial charge in [-0.15, -0.1) is 0 Å². The topological polar surface area (TPSA) is 120 Å². The van der Waals surface area contributed by atoms with Gasteiger partial charge in [-0.05, 0) is 18.6 Å². The van der Waals surface area contributed by atoms with Crippen molar-refractivity contribution in [2.45, 2.75) is 19.6 Å². The molecule has 3 N–H and O–H groups in total. The summed E-state index contributed by atoms with van der Waals surface area (Å²) in [6.07, 6.45) is 0. The van der Waals surface area contributed by atoms with Crippen LogP contribution in [0.4, 0.5) is 5.69 Å². The summed E-state index contributed by atoms with van der Waals surface area (Å²) in [7, 11) is 0. The number of nitro benzene ring substituents is 1. The van der Waals surface area contributed by atoms with Gasteiger partial charge < -0.3 is 10.5 Å². The summed E-state index contributed by atoms with van der Waals surface area (Å²) >= 11 is 0. The molecule has 1 aromatic heterocycles. The number of aromatic amines is 1. The number of aryl methyl sites for hydroxylation is 1. The molecule has 128 valence electrons. The van der Waals surface area contributed by atoms with E-state index in [2.05, 4.69) is 15.2 Å². The van der Waals surface area contributed by atoms with E-state index in [9.17, 15) is 10.1 Å². The van der Waals surface area contributed by atoms with Crippen molar-refractivity contribution in [3.63, 3.8) is 0 Å². The number of nitrogens with two attached hydrogens (primary N) is 1. The lowest BCUT2D eigenvalue weighted by Gasteiger charge is -2.08. The molecule has 0 fully saturated rings. The second kappa shape index (κ2) is 7.10. The van der Waals surface area contributed by atoms with Crippen LogP contribution in [0, 0.1) is 17.0 Å². The Morgan fingerprint density at radius 3 is 2.76 bits per heavy atom. The highest BCUT2D eigenvalue weighted by Gasteiger charge is 2.15. The molecule has 3 rings (SSSR count). The number of hydrogen-bond donors (Lipinski definition) is 2. The van der Waals surface area contributed by atoms with Crippen molar-refractivity contribution in [1.82, 2.24) is 15.2 Å². The van der Waals surface area contributed by atoms with E-state index < -0.39 is 11.0 Å². The van der Waals surface area contributed by atoms with E-state index in [4.69, 9.17) is 10.5 Å². The Kier molecular flexibility index (Phi) is 4.71. The van der Waals surface area contributed by atoms with Gasteiger partial charge in [-0.25, -0.2) is 4.98 Å². The molecule has 0 aliphatic heterocycles. The molecular formula is C17H17N5O3. The zero-order valence-corrected chi connectivity index (χ0v) is 13.5. The number of rotatable bonds is 6. The summed E-state index contributed by atoms with van der Waals surface area (Å²) in [5.41, 5.74) is 8.21. The normalized spacial score (nSPS) is 11.9. The van der Waals surface area contributed by atoms with E-state index in [1.165, 1.54) is 12.1 Å². The van der Waals surface area contributed by atoms with Gasteiger partial charge in [0.05, 0.1) is 17.0 Å². The van der Waals surface area contributed by atoms with E-state index >= 15 is 0 Å². The number of ether oxygens (including phenoxy) is 1. The van der Waals surface area contributed by atoms with Crippen LogP contribution in [0.25, 0.3) is 0 Å². The molecule has 0 aliphatic carbocycles. The van der Waals surface area contributed by atoms with Crippen LogP contribution in [0.15, 0.2) is 48.5 Å². The Bertz CT molecular complexity index is 876. The molecule has 8 heteroatoms. The molecular weight excluding hydrogens is 322 g/mol. The molecule has 8 nitrogen and oxygen atoms in total. The number of hydrogen-bond acceptors (Lipinski definition) is 6. The lowest BCUT2D eigenvalue weighted by Crippen LogP contribution is -2.13. The van der Waals surface area contributed by atoms with E-state index in [-0.39, 0.29) is 12.3 Å². The summed E-state index contributed by atoms with van der Waals surface area (Å²) in [5, 5.41) is 17.7. The Labute approximate surface area is 143 Å². The van der Waals surface area contributed by atoms with E-state index in [1.54, 1.807) is 12.1 Å². The minimum Gasteiger partial charge on any atom is -0.485 e. The fraction of sp³-hybridized carbons (Fsp3) is 0.176. The van der Waals surface area contributed by atoms with Crippen LogP contribution in [0.2, 0.25) is 0 Å². The van der Waals surface area contributed by atoms with Crippen molar-refractivity contribution in [3.8, 4) is 5.75 Å². The Morgan fingerprint density at radius 2 is 2.04 bits per heavy atom. The van der Waals surface area contributed by atoms with Crippen LogP contribution in [0.3, 0.4) is 0 Å². The molecule has 0 amide bonds. The van der Waals surface area contributed by atoms with Crippen LogP contribution in [-0.2, 0) is 6.61 Å². The molecule has 0 saturated heterocycles. The van der Waals surface area contributed by atoms with Gasteiger partial charge >= 0.3 is 0 Å². The summed E-state index contributed by atoms with van der Waals surface area (Å²) in [6.45, 7) is 2.11. The molecule has 0 spiro atoms. The molecule has 25 heavy (non-hydrogen) atoms. The minimum atomic E-state index is -0.472. The molecule has 0 radical (unpaired) electrons. The highest BCUT2D eigenvalue weighted by Crippen LogP contribution is 2.20. The van der Waals surface area contributed by atoms with Crippen molar-refractivity contribution in [3.05, 3.63) is 81.4 Å². The molecule has 0 bridgehead atoms. The lowest BCUT2D eigenvalue weighted by atomic mass is 10.1. The highest BCUT2D eigenvalue weighted by atomic mass is 16.6. The van der Waals surface area contributed by atoms with Gasteiger partial charge in [-0.2, -0.15) is 5.10 Å². The third-order valence-electron chi connectivity index (χ3n) is 3.67. The smallest absolute Gasteiger partial charge is 0.273 e. The first-order valence-electron chi connectivity index (χ1n) is 7.63. The molecule has 3 aromatic rings. The maximum atomic E-state index is 10.8. The van der Waals surface area contributed by atoms with Gasteiger partial charge in [0.25, 0.3) is 5.69 Å². The fourth-order valence-electron chi connectivity index (χ4n) is 2.28. The van der Waals surface area contributed by atoms with E-state index in [1.807, 2.05) is 31.2 Å². The van der Waals surface area contributed by atoms with Crippen molar-refractivity contribution < 1.29 is 9.66 Å². The molecule has 1 atom stereocenters. The second-order valence-corrected chi connectivity index (χ2v) is 5.57. The predicted octanol–water partition coefficient (Wildman–Crippen LogP) is 2.65. The number of aromatic nitrogens is 3. The fourth-order valence-corrected chi connectivity index (χ4v) is 2.28. The predicted molar refractivity (Wildman–Crippen MR) is 91.0 cm³/mol. The summed E-state index contributed by atoms with van der Waals surface area (Å²) in [6, 6.07) is 13.4. The molecule has 1 heterocycles. The van der Waals surface area contributed by atoms with Gasteiger partial charge in [0.1, 0.15) is 12.4 Å². The van der Waals surface area contributed by atoms with Gasteiger partial charge in [-0.1, -0.05) is 35.9 Å². The number of nitrogens with one attached hydrogen (secondary N) is 1. The van der Waals surface area contributed by atoms with Crippen molar-refractivity contribution in [2.24, 2.45) is 5.73 Å². The number of benzene rings is 2. The number of H-pyrrole nitrogens is 1. The van der Waals surface area contributed by atoms with Crippen LogP contribution in [0.5, 0.6) is 5.75 Å². The van der Waals surface area contributed by atoms with E-state index in [0.717, 1.165) is 11.1 Å². The third kappa shape index (κ3) is 3.99. The Morgan fingerprint density at radius 1 is 1.28 bits per heavy atom. The first kappa shape index (κ1) is 16.6. The quantitative estimate of drug-likeness (QED) is 0.526. The maximum absolute atomic E-state index is 10.8. The first-order valence-corrected chi connectivity index (χ1v) is 7.63. The van der Waals surface area contributed by atoms with Crippen LogP contribution >= 0.6 is 0 Å². The SMILES string of the molecule is Cc1ccc([C@@H](N)c2n[nH]c(COc3cccc([N+](=O)[O-])c3)n2)cc1. The maximum Gasteiger partial charge on any atom is 0.273 e. The highest BCUT2D eigenvalue weighted by molar-refractivity contribution is 5.38. The van der Waals surface area contributed by atoms with Gasteiger partial charge in [-0.3, -0.25) is 15.2 Å². The van der Waals surface area contributed by atoms with Gasteiger partial charge in [0.2, 0.25) is 0 Å². The average molecular weight is 339 g/mol. The Hall–Kier alpha value is -3.26. The Balaban J connectivity index is 1.66. The minimum absolute atomic E-state index is 0.0304. The summed E-state index contributed by atoms with van der Waals surface area (Å²) < 4.78 is 5.52. The van der Waals surface area contributed by atoms with Crippen molar-refractivity contribution in [2.75, 3.05) is 0 Å². The molecule has 2 aromatic carbocycles. The molecule has 0 saturated carbocycles. The molecule has 0 aliphatic rings. The lowest BCUT2D eigenvalue weighted by molar-refractivity contribution is -0.384. The summed E-state index contributed by atoms with van der Waals surface area (Å²) in [4.78, 5) is 14.6. The standard InChI is InChI=1S/C17H17N5O3/c1-11-5-7-12(8-6-11)16(18)17-19-15(20-21-17)10-25-14-4-2-3-13(9-14)22(23)24/h2-9,16H,10,18H2,1H3,(H,19,20,21)/t16-/m1/s1. The number of non-ortho nitro benzene ring substituents is 1. The van der Waals surface area contributed by atoms with Gasteiger partial charge in [0, 0.05) is 6.07 Å². The van der Waals surface area contributed by atoms with Gasteiger partial charge in [0.15, 0.2) is 11.6 Å². The third-order valence-corrected chi connectivity index (χ3v) is 3.67. The number of nitro groups is 1. The number of nitrogens with zero attached hydrogens (tertiary/aromatic N) is 3. The zero-order chi connectivity index (χ0) is 17.8. The second-order valence-electron chi connectivity index (χ2n) is 5.57. The van der Waals surface area contributed by atoms with Crippen LogP contribution < -0.4 is 10.5 Å². The average Bonchev–Trinajstić information content (AvgIpc) is 3.09. The zero-order valence-electron chi connectivity index (χ0n) is 13.5. The van der Waals surface area contributed by atoms with Crippen LogP contribution in [-0.4, -0.2) is 20.1 Å². The summed E-state index contributed by atoms with van der Waals surface area (Å²) in [5.74, 6) is 1.33. The van der Waals surface area contributed by atoms with Crippen molar-refractivity contribution in [1.29, 1.82) is 0 Å². The molecule has 0 unspecified atom stereocenters. The van der Waals surface area contributed by atoms with E-state index in [0.29, 0.717) is 17.4 Å².